The van der Waals surface area contributed by atoms with Crippen LogP contribution in [0.15, 0.2) is 27.6 Å². The van der Waals surface area contributed by atoms with E-state index < -0.39 is 16.0 Å². The molecule has 0 atom stereocenters. The average Bonchev–Trinajstić information content (AvgIpc) is 2.98. The normalized spacial score (nSPS) is 15.5. The van der Waals surface area contributed by atoms with Gasteiger partial charge >= 0.3 is 5.97 Å². The Hall–Kier alpha value is -1.12. The van der Waals surface area contributed by atoms with E-state index in [0.717, 1.165) is 40.4 Å². The summed E-state index contributed by atoms with van der Waals surface area (Å²) in [4.78, 5) is 13.0. The summed E-state index contributed by atoms with van der Waals surface area (Å²) in [7, 11) is -2.29. The fourth-order valence-electron chi connectivity index (χ4n) is 2.42. The zero-order valence-electron chi connectivity index (χ0n) is 12.3. The monoisotopic (exact) mass is 390 g/mol. The number of hydrogen-bond acceptors (Lipinski definition) is 4. The number of sulfonamides is 1. The largest absolute Gasteiger partial charge is 0.481 e. The van der Waals surface area contributed by atoms with Crippen molar-refractivity contribution in [1.29, 1.82) is 0 Å². The lowest BCUT2D eigenvalue weighted by molar-refractivity contribution is -0.137. The molecule has 0 saturated carbocycles. The second-order valence-corrected chi connectivity index (χ2v) is 8.18. The van der Waals surface area contributed by atoms with E-state index in [9.17, 15) is 13.2 Å². The summed E-state index contributed by atoms with van der Waals surface area (Å²) in [6, 6.07) is 4.96. The van der Waals surface area contributed by atoms with E-state index >= 15 is 0 Å². The molecule has 1 aromatic carbocycles. The SMILES string of the molecule is CN(CCC(=O)O)S(=O)(=O)c1ccc(N2CCCC2)c(Br)c1. The summed E-state index contributed by atoms with van der Waals surface area (Å²) in [5.74, 6) is -1.02. The van der Waals surface area contributed by atoms with Crippen molar-refractivity contribution in [1.82, 2.24) is 4.31 Å². The van der Waals surface area contributed by atoms with Crippen LogP contribution in [-0.4, -0.2) is 50.5 Å². The average molecular weight is 391 g/mol. The maximum absolute atomic E-state index is 12.4. The van der Waals surface area contributed by atoms with Crippen molar-refractivity contribution in [2.75, 3.05) is 31.6 Å². The van der Waals surface area contributed by atoms with Gasteiger partial charge in [-0.2, -0.15) is 0 Å². The first-order valence-electron chi connectivity index (χ1n) is 7.05. The number of anilines is 1. The molecule has 0 radical (unpaired) electrons. The molecule has 8 heteroatoms. The molecule has 1 N–H and O–H groups in total. The van der Waals surface area contributed by atoms with Gasteiger partial charge in [0.05, 0.1) is 17.0 Å². The first-order chi connectivity index (χ1) is 10.3. The molecular formula is C14H19BrN2O4S. The Morgan fingerprint density at radius 2 is 2.00 bits per heavy atom. The summed E-state index contributed by atoms with van der Waals surface area (Å²) < 4.78 is 26.7. The maximum atomic E-state index is 12.4. The van der Waals surface area contributed by atoms with Gasteiger partial charge in [0, 0.05) is 31.2 Å². The zero-order chi connectivity index (χ0) is 16.3. The molecule has 0 bridgehead atoms. The summed E-state index contributed by atoms with van der Waals surface area (Å²) >= 11 is 3.44. The second kappa shape index (κ2) is 6.97. The molecule has 0 spiro atoms. The third kappa shape index (κ3) is 3.80. The van der Waals surface area contributed by atoms with Crippen molar-refractivity contribution >= 4 is 37.6 Å². The Labute approximate surface area is 138 Å². The molecule has 122 valence electrons. The standard InChI is InChI=1S/C14H19BrN2O4S/c1-16(9-6-14(18)19)22(20,21)11-4-5-13(12(15)10-11)17-7-2-3-8-17/h4-5,10H,2-3,6-9H2,1H3,(H,18,19). The number of aliphatic carboxylic acids is 1. The van der Waals surface area contributed by atoms with E-state index in [2.05, 4.69) is 20.8 Å². The quantitative estimate of drug-likeness (QED) is 0.804. The van der Waals surface area contributed by atoms with Crippen molar-refractivity contribution in [3.8, 4) is 0 Å². The van der Waals surface area contributed by atoms with Crippen molar-refractivity contribution in [3.63, 3.8) is 0 Å². The predicted molar refractivity (Wildman–Crippen MR) is 87.7 cm³/mol. The first kappa shape index (κ1) is 17.2. The van der Waals surface area contributed by atoms with Gasteiger partial charge in [-0.05, 0) is 47.0 Å². The van der Waals surface area contributed by atoms with Crippen LogP contribution >= 0.6 is 15.9 Å². The van der Waals surface area contributed by atoms with E-state index in [1.54, 1.807) is 18.2 Å². The van der Waals surface area contributed by atoms with E-state index in [-0.39, 0.29) is 17.9 Å². The van der Waals surface area contributed by atoms with Crippen LogP contribution in [0.2, 0.25) is 0 Å². The predicted octanol–water partition coefficient (Wildman–Crippen LogP) is 2.14. The summed E-state index contributed by atoms with van der Waals surface area (Å²) in [6.45, 7) is 1.90. The molecule has 1 aromatic rings. The zero-order valence-corrected chi connectivity index (χ0v) is 14.7. The topological polar surface area (TPSA) is 77.9 Å². The molecule has 0 unspecified atom stereocenters. The number of nitrogens with zero attached hydrogens (tertiary/aromatic N) is 2. The lowest BCUT2D eigenvalue weighted by Crippen LogP contribution is -2.29. The van der Waals surface area contributed by atoms with Crippen LogP contribution in [0.25, 0.3) is 0 Å². The molecule has 1 saturated heterocycles. The highest BCUT2D eigenvalue weighted by atomic mass is 79.9. The van der Waals surface area contributed by atoms with Crippen molar-refractivity contribution in [2.45, 2.75) is 24.2 Å². The Morgan fingerprint density at radius 3 is 2.55 bits per heavy atom. The fourth-order valence-corrected chi connectivity index (χ4v) is 4.40. The smallest absolute Gasteiger partial charge is 0.304 e. The lowest BCUT2D eigenvalue weighted by Gasteiger charge is -2.21. The third-order valence-electron chi connectivity index (χ3n) is 3.71. The Bertz CT molecular complexity index is 657. The van der Waals surface area contributed by atoms with Gasteiger partial charge < -0.3 is 10.0 Å². The second-order valence-electron chi connectivity index (χ2n) is 5.28. The van der Waals surface area contributed by atoms with Gasteiger partial charge in [0.15, 0.2) is 0 Å². The van der Waals surface area contributed by atoms with E-state index in [4.69, 9.17) is 5.11 Å². The van der Waals surface area contributed by atoms with Gasteiger partial charge in [0.1, 0.15) is 0 Å². The summed E-state index contributed by atoms with van der Waals surface area (Å²) in [5.41, 5.74) is 0.990. The van der Waals surface area contributed by atoms with Crippen molar-refractivity contribution in [3.05, 3.63) is 22.7 Å². The minimum absolute atomic E-state index is 0.0524. The fraction of sp³-hybridized carbons (Fsp3) is 0.500. The first-order valence-corrected chi connectivity index (χ1v) is 9.28. The number of hydrogen-bond donors (Lipinski definition) is 1. The maximum Gasteiger partial charge on any atom is 0.304 e. The summed E-state index contributed by atoms with van der Waals surface area (Å²) in [5, 5.41) is 8.67. The van der Waals surface area contributed by atoms with Gasteiger partial charge in [-0.25, -0.2) is 12.7 Å². The molecule has 0 amide bonds. The molecular weight excluding hydrogens is 372 g/mol. The molecule has 6 nitrogen and oxygen atoms in total. The van der Waals surface area contributed by atoms with Crippen LogP contribution in [0.1, 0.15) is 19.3 Å². The molecule has 2 rings (SSSR count). The van der Waals surface area contributed by atoms with Crippen LogP contribution < -0.4 is 4.90 Å². The number of rotatable bonds is 6. The summed E-state index contributed by atoms with van der Waals surface area (Å²) in [6.07, 6.45) is 2.07. The Morgan fingerprint density at radius 1 is 1.36 bits per heavy atom. The minimum Gasteiger partial charge on any atom is -0.481 e. The van der Waals surface area contributed by atoms with Crippen LogP contribution in [-0.2, 0) is 14.8 Å². The van der Waals surface area contributed by atoms with Crippen LogP contribution in [0, 0.1) is 0 Å². The van der Waals surface area contributed by atoms with Gasteiger partial charge in [-0.1, -0.05) is 0 Å². The molecule has 0 aromatic heterocycles. The Balaban J connectivity index is 2.20. The van der Waals surface area contributed by atoms with Gasteiger partial charge in [-0.15, -0.1) is 0 Å². The van der Waals surface area contributed by atoms with Crippen LogP contribution in [0.3, 0.4) is 0 Å². The minimum atomic E-state index is -3.68. The molecule has 1 aliphatic heterocycles. The molecule has 0 aliphatic carbocycles. The molecule has 1 heterocycles. The van der Waals surface area contributed by atoms with Crippen LogP contribution in [0.4, 0.5) is 5.69 Å². The van der Waals surface area contributed by atoms with Gasteiger partial charge in [-0.3, -0.25) is 4.79 Å². The van der Waals surface area contributed by atoms with Gasteiger partial charge in [0.25, 0.3) is 0 Å². The molecule has 1 fully saturated rings. The van der Waals surface area contributed by atoms with E-state index in [1.165, 1.54) is 7.05 Å². The highest BCUT2D eigenvalue weighted by molar-refractivity contribution is 9.10. The molecule has 22 heavy (non-hydrogen) atoms. The number of carboxylic acids is 1. The number of carbonyl (C=O) groups is 1. The third-order valence-corrected chi connectivity index (χ3v) is 6.20. The highest BCUT2D eigenvalue weighted by Gasteiger charge is 2.23. The van der Waals surface area contributed by atoms with Crippen molar-refractivity contribution in [2.24, 2.45) is 0 Å². The highest BCUT2D eigenvalue weighted by Crippen LogP contribution is 2.31. The van der Waals surface area contributed by atoms with E-state index in [0.29, 0.717) is 0 Å². The van der Waals surface area contributed by atoms with Gasteiger partial charge in [0.2, 0.25) is 10.0 Å². The Kier molecular flexibility index (Phi) is 5.46. The van der Waals surface area contributed by atoms with Crippen molar-refractivity contribution < 1.29 is 18.3 Å². The number of carboxylic acid groups (broad SMARTS) is 1. The number of halogens is 1. The van der Waals surface area contributed by atoms with E-state index in [1.807, 2.05) is 0 Å². The lowest BCUT2D eigenvalue weighted by atomic mass is 10.3. The molecule has 1 aliphatic rings. The van der Waals surface area contributed by atoms with Crippen LogP contribution in [0.5, 0.6) is 0 Å². The number of benzene rings is 1.